The summed E-state index contributed by atoms with van der Waals surface area (Å²) in [5.41, 5.74) is 0.629. The fraction of sp³-hybridized carbons (Fsp3) is 0.458. The molecule has 2 aromatic rings. The maximum absolute atomic E-state index is 10.7. The Bertz CT molecular complexity index is 1020. The summed E-state index contributed by atoms with van der Waals surface area (Å²) in [6, 6.07) is 12.6. The summed E-state index contributed by atoms with van der Waals surface area (Å²) < 4.78 is 17.4. The minimum Gasteiger partial charge on any atom is -0.493 e. The second-order valence-electron chi connectivity index (χ2n) is 8.40. The summed E-state index contributed by atoms with van der Waals surface area (Å²) in [5.74, 6) is -1.01. The maximum atomic E-state index is 10.7. The third kappa shape index (κ3) is 4.52. The molecule has 0 saturated carbocycles. The summed E-state index contributed by atoms with van der Waals surface area (Å²) >= 11 is 6.45. The van der Waals surface area contributed by atoms with Crippen molar-refractivity contribution in [3.8, 4) is 5.75 Å². The van der Waals surface area contributed by atoms with Crippen molar-refractivity contribution in [2.45, 2.75) is 42.5 Å². The Morgan fingerprint density at radius 1 is 1.15 bits per heavy atom. The van der Waals surface area contributed by atoms with Crippen molar-refractivity contribution in [3.05, 3.63) is 64.2 Å². The van der Waals surface area contributed by atoms with Gasteiger partial charge in [-0.3, -0.25) is 0 Å². The third-order valence-corrected chi connectivity index (χ3v) is 6.56. The molecule has 184 valence electrons. The van der Waals surface area contributed by atoms with Crippen LogP contribution < -0.4 is 4.74 Å². The van der Waals surface area contributed by atoms with E-state index in [0.29, 0.717) is 30.0 Å². The lowest BCUT2D eigenvalue weighted by atomic mass is 9.83. The van der Waals surface area contributed by atoms with Crippen molar-refractivity contribution in [1.29, 1.82) is 0 Å². The molecule has 2 heterocycles. The van der Waals surface area contributed by atoms with Crippen molar-refractivity contribution in [3.63, 3.8) is 0 Å². The van der Waals surface area contributed by atoms with Gasteiger partial charge >= 0.3 is 0 Å². The van der Waals surface area contributed by atoms with E-state index in [2.05, 4.69) is 9.99 Å². The molecule has 2 bridgehead atoms. The fourth-order valence-corrected chi connectivity index (χ4v) is 4.47. The predicted octanol–water partition coefficient (Wildman–Crippen LogP) is 1.36. The van der Waals surface area contributed by atoms with Gasteiger partial charge in [0.2, 0.25) is 5.79 Å². The second kappa shape index (κ2) is 10.2. The van der Waals surface area contributed by atoms with Gasteiger partial charge in [-0.1, -0.05) is 35.0 Å². The lowest BCUT2D eigenvalue weighted by Gasteiger charge is -2.46. The highest BCUT2D eigenvalue weighted by atomic mass is 35.5. The molecule has 0 aromatic heterocycles. The van der Waals surface area contributed by atoms with Gasteiger partial charge in [-0.05, 0) is 41.8 Å². The zero-order valence-corrected chi connectivity index (χ0v) is 19.4. The molecule has 0 aliphatic carbocycles. The molecule has 2 aliphatic rings. The number of oxime groups is 1. The van der Waals surface area contributed by atoms with Gasteiger partial charge in [0.05, 0.1) is 19.8 Å². The van der Waals surface area contributed by atoms with E-state index < -0.39 is 36.3 Å². The van der Waals surface area contributed by atoms with Gasteiger partial charge in [0.1, 0.15) is 36.8 Å². The first kappa shape index (κ1) is 24.9. The number of nitrogens with zero attached hydrogens (tertiary/aromatic N) is 1. The normalized spacial score (nSPS) is 30.6. The van der Waals surface area contributed by atoms with Crippen LogP contribution in [0.25, 0.3) is 0 Å². The van der Waals surface area contributed by atoms with Gasteiger partial charge in [-0.25, -0.2) is 0 Å². The molecule has 4 N–H and O–H groups in total. The zero-order chi connectivity index (χ0) is 24.3. The molecule has 4 rings (SSSR count). The van der Waals surface area contributed by atoms with Gasteiger partial charge in [0.25, 0.3) is 0 Å². The predicted molar refractivity (Wildman–Crippen MR) is 123 cm³/mol. The van der Waals surface area contributed by atoms with E-state index >= 15 is 0 Å². The fourth-order valence-electron chi connectivity index (χ4n) is 4.28. The number of hydrogen-bond donors (Lipinski definition) is 4. The molecule has 10 heteroatoms. The zero-order valence-electron chi connectivity index (χ0n) is 18.6. The Hall–Kier alpha value is -2.24. The Kier molecular flexibility index (Phi) is 7.44. The van der Waals surface area contributed by atoms with E-state index in [0.717, 1.165) is 16.9 Å². The standard InChI is InChI=1S/C24H28ClNO8/c1-31-26-9-2-10-32-18-6-3-15(4-7-18)11-16-12-17(5-8-19(16)25)24-22(30)20(28)21(29)23(13-27,34-24)14-33-24/h3-9,12,20-22,27-30H,2,10-11,13-14H2,1H3/t20-,21-,22+,23-,24-/m0/s1. The summed E-state index contributed by atoms with van der Waals surface area (Å²) in [6.45, 7) is -0.288. The van der Waals surface area contributed by atoms with Crippen LogP contribution in [-0.2, 0) is 26.5 Å². The SMILES string of the molecule is CON=CCCOc1ccc(Cc2cc([C@]34OC[C@](CO)(O3)[C@@H](O)[C@H](O)[C@H]4O)ccc2Cl)cc1. The average molecular weight is 494 g/mol. The van der Waals surface area contributed by atoms with E-state index in [1.165, 1.54) is 7.11 Å². The summed E-state index contributed by atoms with van der Waals surface area (Å²) in [4.78, 5) is 4.60. The first-order valence-electron chi connectivity index (χ1n) is 10.9. The van der Waals surface area contributed by atoms with Gasteiger partial charge in [-0.15, -0.1) is 0 Å². The van der Waals surface area contributed by atoms with Gasteiger partial charge in [0, 0.05) is 23.2 Å². The van der Waals surface area contributed by atoms with Crippen LogP contribution in [0.2, 0.25) is 5.02 Å². The topological polar surface area (TPSA) is 130 Å². The van der Waals surface area contributed by atoms with Gasteiger partial charge in [-0.2, -0.15) is 0 Å². The lowest BCUT2D eigenvalue weighted by Crippen LogP contribution is -2.65. The van der Waals surface area contributed by atoms with Crippen LogP contribution >= 0.6 is 11.6 Å². The molecule has 2 fully saturated rings. The Morgan fingerprint density at radius 2 is 1.91 bits per heavy atom. The van der Waals surface area contributed by atoms with Crippen molar-refractivity contribution < 1.29 is 39.5 Å². The third-order valence-electron chi connectivity index (χ3n) is 6.19. The highest BCUT2D eigenvalue weighted by Crippen LogP contribution is 2.49. The van der Waals surface area contributed by atoms with Crippen LogP contribution in [0.4, 0.5) is 0 Å². The highest BCUT2D eigenvalue weighted by molar-refractivity contribution is 6.31. The quantitative estimate of drug-likeness (QED) is 0.234. The van der Waals surface area contributed by atoms with E-state index in [9.17, 15) is 20.4 Å². The largest absolute Gasteiger partial charge is 0.493 e. The molecule has 2 saturated heterocycles. The van der Waals surface area contributed by atoms with E-state index in [4.69, 9.17) is 25.8 Å². The summed E-state index contributed by atoms with van der Waals surface area (Å²) in [6.07, 6.45) is -1.88. The van der Waals surface area contributed by atoms with Crippen LogP contribution in [0, 0.1) is 0 Å². The molecule has 0 radical (unpaired) electrons. The average Bonchev–Trinajstić information content (AvgIpc) is 3.24. The van der Waals surface area contributed by atoms with Crippen molar-refractivity contribution in [2.75, 3.05) is 26.9 Å². The molecule has 34 heavy (non-hydrogen) atoms. The highest BCUT2D eigenvalue weighted by Gasteiger charge is 2.67. The number of hydrogen-bond acceptors (Lipinski definition) is 9. The summed E-state index contributed by atoms with van der Waals surface area (Å²) in [5, 5.41) is 45.5. The van der Waals surface area contributed by atoms with E-state index in [1.807, 2.05) is 24.3 Å². The smallest absolute Gasteiger partial charge is 0.225 e. The van der Waals surface area contributed by atoms with Crippen molar-refractivity contribution in [2.24, 2.45) is 5.16 Å². The minimum absolute atomic E-state index is 0.185. The van der Waals surface area contributed by atoms with Crippen molar-refractivity contribution >= 4 is 17.8 Å². The second-order valence-corrected chi connectivity index (χ2v) is 8.80. The monoisotopic (exact) mass is 493 g/mol. The molecule has 0 unspecified atom stereocenters. The Morgan fingerprint density at radius 3 is 2.62 bits per heavy atom. The lowest BCUT2D eigenvalue weighted by molar-refractivity contribution is -0.329. The molecular weight excluding hydrogens is 466 g/mol. The number of rotatable bonds is 9. The van der Waals surface area contributed by atoms with Crippen LogP contribution in [0.5, 0.6) is 5.75 Å². The van der Waals surface area contributed by atoms with Gasteiger partial charge in [0.15, 0.2) is 0 Å². The maximum Gasteiger partial charge on any atom is 0.225 e. The minimum atomic E-state index is -1.73. The first-order valence-corrected chi connectivity index (χ1v) is 11.3. The number of aliphatic hydroxyl groups is 4. The van der Waals surface area contributed by atoms with Crippen molar-refractivity contribution in [1.82, 2.24) is 0 Å². The summed E-state index contributed by atoms with van der Waals surface area (Å²) in [7, 11) is 1.48. The number of ether oxygens (including phenoxy) is 3. The van der Waals surface area contributed by atoms with Crippen LogP contribution in [0.3, 0.4) is 0 Å². The number of halogens is 1. The van der Waals surface area contributed by atoms with E-state index in [1.54, 1.807) is 24.4 Å². The molecule has 9 nitrogen and oxygen atoms in total. The molecule has 0 amide bonds. The van der Waals surface area contributed by atoms with Crippen LogP contribution in [0.1, 0.15) is 23.1 Å². The molecule has 2 aliphatic heterocycles. The number of benzene rings is 2. The van der Waals surface area contributed by atoms with Gasteiger partial charge < -0.3 is 39.5 Å². The first-order chi connectivity index (χ1) is 16.3. The number of fused-ring (bicyclic) bond motifs is 2. The molecule has 2 aromatic carbocycles. The number of aliphatic hydroxyl groups excluding tert-OH is 4. The molecular formula is C24H28ClNO8. The molecule has 0 spiro atoms. The van der Waals surface area contributed by atoms with E-state index in [-0.39, 0.29) is 6.61 Å². The molecule has 5 atom stereocenters. The Balaban J connectivity index is 1.51. The van der Waals surface area contributed by atoms with Crippen LogP contribution in [0.15, 0.2) is 47.6 Å². The van der Waals surface area contributed by atoms with Crippen LogP contribution in [-0.4, -0.2) is 77.5 Å². The Labute approximate surface area is 202 Å².